The van der Waals surface area contributed by atoms with Crippen molar-refractivity contribution in [1.82, 2.24) is 9.55 Å². The van der Waals surface area contributed by atoms with Gasteiger partial charge >= 0.3 is 0 Å². The van der Waals surface area contributed by atoms with Gasteiger partial charge in [-0.15, -0.1) is 0 Å². The van der Waals surface area contributed by atoms with Gasteiger partial charge in [0.1, 0.15) is 0 Å². The van der Waals surface area contributed by atoms with Crippen LogP contribution in [0.4, 0.5) is 0 Å². The fraction of sp³-hybridized carbons (Fsp3) is 0.409. The number of halogens is 1. The number of imidazole rings is 1. The molecule has 162 valence electrons. The van der Waals surface area contributed by atoms with Crippen LogP contribution in [0.15, 0.2) is 41.6 Å². The first-order valence-electron chi connectivity index (χ1n) is 9.81. The van der Waals surface area contributed by atoms with E-state index in [0.717, 1.165) is 34.7 Å². The summed E-state index contributed by atoms with van der Waals surface area (Å²) in [7, 11) is 3.20. The zero-order valence-corrected chi connectivity index (χ0v) is 19.0. The molecule has 3 aromatic rings. The van der Waals surface area contributed by atoms with Gasteiger partial charge in [-0.25, -0.2) is 4.98 Å². The van der Waals surface area contributed by atoms with E-state index in [2.05, 4.69) is 11.5 Å². The first-order chi connectivity index (χ1) is 14.5. The van der Waals surface area contributed by atoms with Crippen LogP contribution in [0.5, 0.6) is 11.5 Å². The summed E-state index contributed by atoms with van der Waals surface area (Å²) in [6.45, 7) is 3.62. The van der Waals surface area contributed by atoms with Crippen LogP contribution in [0.1, 0.15) is 18.9 Å². The summed E-state index contributed by atoms with van der Waals surface area (Å²) in [5.74, 6) is 1.82. The molecule has 0 saturated carbocycles. The zero-order valence-electron chi connectivity index (χ0n) is 17.4. The van der Waals surface area contributed by atoms with E-state index in [1.54, 1.807) is 14.2 Å². The first-order valence-corrected chi connectivity index (χ1v) is 11.2. The molecule has 0 fully saturated rings. The third-order valence-electron chi connectivity index (χ3n) is 4.55. The number of ether oxygens (including phenoxy) is 3. The molecule has 0 radical (unpaired) electrons. The van der Waals surface area contributed by atoms with Crippen molar-refractivity contribution in [3.8, 4) is 11.5 Å². The number of methoxy groups -OCH3 is 2. The molecule has 30 heavy (non-hydrogen) atoms. The Kier molecular flexibility index (Phi) is 8.27. The van der Waals surface area contributed by atoms with E-state index in [9.17, 15) is 5.11 Å². The SMILES string of the molecule is CCCn1c(SCC(O)COCc2ccc(OC)c(OC)c2)nc2cc(Cl)ccc21. The number of aryl methyl sites for hydroxylation is 1. The molecule has 0 amide bonds. The monoisotopic (exact) mass is 450 g/mol. The molecule has 6 nitrogen and oxygen atoms in total. The van der Waals surface area contributed by atoms with E-state index in [1.807, 2.05) is 36.4 Å². The van der Waals surface area contributed by atoms with Gasteiger partial charge in [0, 0.05) is 17.3 Å². The van der Waals surface area contributed by atoms with Crippen molar-refractivity contribution in [2.24, 2.45) is 0 Å². The predicted molar refractivity (Wildman–Crippen MR) is 121 cm³/mol. The molecule has 0 aliphatic heterocycles. The smallest absolute Gasteiger partial charge is 0.169 e. The standard InChI is InChI=1S/C22H27ClN2O4S/c1-4-9-25-19-7-6-16(23)11-18(19)24-22(25)30-14-17(26)13-29-12-15-5-8-20(27-2)21(10-15)28-3/h5-8,10-11,17,26H,4,9,12-14H2,1-3H3. The van der Waals surface area contributed by atoms with Gasteiger partial charge in [-0.05, 0) is 42.3 Å². The van der Waals surface area contributed by atoms with Crippen LogP contribution >= 0.6 is 23.4 Å². The predicted octanol–water partition coefficient (Wildman–Crippen LogP) is 4.79. The number of hydrogen-bond donors (Lipinski definition) is 1. The van der Waals surface area contributed by atoms with E-state index in [-0.39, 0.29) is 6.61 Å². The second-order valence-electron chi connectivity index (χ2n) is 6.85. The van der Waals surface area contributed by atoms with Crippen molar-refractivity contribution in [3.63, 3.8) is 0 Å². The van der Waals surface area contributed by atoms with E-state index in [0.29, 0.717) is 28.9 Å². The van der Waals surface area contributed by atoms with Crippen molar-refractivity contribution in [3.05, 3.63) is 47.0 Å². The molecule has 1 heterocycles. The molecular formula is C22H27ClN2O4S. The molecule has 0 aliphatic carbocycles. The third kappa shape index (κ3) is 5.60. The molecule has 1 aromatic heterocycles. The van der Waals surface area contributed by atoms with E-state index >= 15 is 0 Å². The average Bonchev–Trinajstić information content (AvgIpc) is 3.08. The third-order valence-corrected chi connectivity index (χ3v) is 5.91. The number of rotatable bonds is 11. The Labute approximate surface area is 186 Å². The maximum atomic E-state index is 10.4. The summed E-state index contributed by atoms with van der Waals surface area (Å²) in [6, 6.07) is 11.4. The second-order valence-corrected chi connectivity index (χ2v) is 8.27. The number of thioether (sulfide) groups is 1. The minimum Gasteiger partial charge on any atom is -0.493 e. The summed E-state index contributed by atoms with van der Waals surface area (Å²) < 4.78 is 18.4. The molecule has 0 spiro atoms. The van der Waals surface area contributed by atoms with Crippen LogP contribution in [0.2, 0.25) is 5.02 Å². The number of benzene rings is 2. The highest BCUT2D eigenvalue weighted by Crippen LogP contribution is 2.28. The van der Waals surface area contributed by atoms with E-state index in [4.69, 9.17) is 30.8 Å². The van der Waals surface area contributed by atoms with Crippen LogP contribution in [0, 0.1) is 0 Å². The highest BCUT2D eigenvalue weighted by Gasteiger charge is 2.14. The summed E-state index contributed by atoms with van der Waals surface area (Å²) in [6.07, 6.45) is 0.396. The number of aliphatic hydroxyl groups excluding tert-OH is 1. The maximum absolute atomic E-state index is 10.4. The van der Waals surface area contributed by atoms with Crippen molar-refractivity contribution in [1.29, 1.82) is 0 Å². The minimum absolute atomic E-state index is 0.237. The molecule has 0 saturated heterocycles. The lowest BCUT2D eigenvalue weighted by atomic mass is 10.2. The number of aliphatic hydroxyl groups is 1. The highest BCUT2D eigenvalue weighted by atomic mass is 35.5. The fourth-order valence-electron chi connectivity index (χ4n) is 3.13. The quantitative estimate of drug-likeness (QED) is 0.424. The molecule has 8 heteroatoms. The molecular weight excluding hydrogens is 424 g/mol. The number of fused-ring (bicyclic) bond motifs is 1. The Balaban J connectivity index is 1.55. The van der Waals surface area contributed by atoms with Gasteiger partial charge in [-0.3, -0.25) is 0 Å². The lowest BCUT2D eigenvalue weighted by molar-refractivity contribution is 0.0397. The number of aromatic nitrogens is 2. The largest absolute Gasteiger partial charge is 0.493 e. The van der Waals surface area contributed by atoms with Crippen molar-refractivity contribution in [2.75, 3.05) is 26.6 Å². The zero-order chi connectivity index (χ0) is 21.5. The molecule has 1 atom stereocenters. The molecule has 3 rings (SSSR count). The maximum Gasteiger partial charge on any atom is 0.169 e. The van der Waals surface area contributed by atoms with Crippen molar-refractivity contribution >= 4 is 34.4 Å². The summed E-state index contributed by atoms with van der Waals surface area (Å²) in [5.41, 5.74) is 2.88. The van der Waals surface area contributed by atoms with Gasteiger partial charge in [-0.1, -0.05) is 36.4 Å². The van der Waals surface area contributed by atoms with Gasteiger partial charge < -0.3 is 23.9 Å². The number of nitrogens with zero attached hydrogens (tertiary/aromatic N) is 2. The second kappa shape index (κ2) is 10.9. The average molecular weight is 451 g/mol. The van der Waals surface area contributed by atoms with Gasteiger partial charge in [0.2, 0.25) is 0 Å². The van der Waals surface area contributed by atoms with Gasteiger partial charge in [0.25, 0.3) is 0 Å². The van der Waals surface area contributed by atoms with Gasteiger partial charge in [-0.2, -0.15) is 0 Å². The lowest BCUT2D eigenvalue weighted by Crippen LogP contribution is -2.18. The molecule has 0 bridgehead atoms. The molecule has 1 N–H and O–H groups in total. The Morgan fingerprint density at radius 3 is 2.67 bits per heavy atom. The number of hydrogen-bond acceptors (Lipinski definition) is 6. The van der Waals surface area contributed by atoms with Crippen LogP contribution in [-0.4, -0.2) is 47.3 Å². The van der Waals surface area contributed by atoms with Crippen molar-refractivity contribution < 1.29 is 19.3 Å². The van der Waals surface area contributed by atoms with Gasteiger partial charge in [0.05, 0.1) is 44.6 Å². The topological polar surface area (TPSA) is 65.7 Å². The Morgan fingerprint density at radius 1 is 1.13 bits per heavy atom. The minimum atomic E-state index is -0.603. The molecule has 0 aliphatic rings. The lowest BCUT2D eigenvalue weighted by Gasteiger charge is -2.13. The highest BCUT2D eigenvalue weighted by molar-refractivity contribution is 7.99. The molecule has 1 unspecified atom stereocenters. The summed E-state index contributed by atoms with van der Waals surface area (Å²) in [4.78, 5) is 4.69. The Hall–Kier alpha value is -1.93. The molecule has 2 aromatic carbocycles. The summed E-state index contributed by atoms with van der Waals surface area (Å²) in [5, 5.41) is 11.9. The normalized spacial score (nSPS) is 12.3. The van der Waals surface area contributed by atoms with Crippen LogP contribution in [-0.2, 0) is 17.9 Å². The van der Waals surface area contributed by atoms with Crippen LogP contribution < -0.4 is 9.47 Å². The van der Waals surface area contributed by atoms with E-state index < -0.39 is 6.10 Å². The van der Waals surface area contributed by atoms with E-state index in [1.165, 1.54) is 11.8 Å². The fourth-order valence-corrected chi connectivity index (χ4v) is 4.25. The van der Waals surface area contributed by atoms with Crippen LogP contribution in [0.25, 0.3) is 11.0 Å². The first kappa shape index (κ1) is 22.7. The Morgan fingerprint density at radius 2 is 1.93 bits per heavy atom. The summed E-state index contributed by atoms with van der Waals surface area (Å²) >= 11 is 7.63. The van der Waals surface area contributed by atoms with Gasteiger partial charge in [0.15, 0.2) is 16.7 Å². The van der Waals surface area contributed by atoms with Crippen LogP contribution in [0.3, 0.4) is 0 Å². The Bertz CT molecular complexity index is 979. The van der Waals surface area contributed by atoms with Crippen molar-refractivity contribution in [2.45, 2.75) is 37.8 Å².